The van der Waals surface area contributed by atoms with Gasteiger partial charge in [0.05, 0.1) is 5.39 Å². The molecule has 0 aliphatic rings. The Labute approximate surface area is 94.4 Å². The van der Waals surface area contributed by atoms with E-state index in [1.165, 1.54) is 19.1 Å². The molecule has 0 N–H and O–H groups in total. The average Bonchev–Trinajstić information content (AvgIpc) is 2.22. The lowest BCUT2D eigenvalue weighted by molar-refractivity contribution is 0.0678. The molecule has 0 bridgehead atoms. The number of rotatable bonds is 1. The van der Waals surface area contributed by atoms with E-state index in [0.717, 1.165) is 0 Å². The van der Waals surface area contributed by atoms with Gasteiger partial charge >= 0.3 is 5.38 Å². The maximum atomic E-state index is 13.0. The van der Waals surface area contributed by atoms with Crippen LogP contribution in [0.5, 0.6) is 0 Å². The van der Waals surface area contributed by atoms with Crippen LogP contribution in [0.15, 0.2) is 33.5 Å². The summed E-state index contributed by atoms with van der Waals surface area (Å²) in [6.07, 6.45) is 0. The summed E-state index contributed by atoms with van der Waals surface area (Å²) in [4.78, 5) is 11.7. The molecular weight excluding hydrogens is 238 g/mol. The third kappa shape index (κ3) is 1.69. The van der Waals surface area contributed by atoms with Crippen molar-refractivity contribution < 1.29 is 13.2 Å². The van der Waals surface area contributed by atoms with Gasteiger partial charge in [-0.25, -0.2) is 0 Å². The lowest BCUT2D eigenvalue weighted by Gasteiger charge is -2.10. The predicted molar refractivity (Wildman–Crippen MR) is 57.0 cm³/mol. The van der Waals surface area contributed by atoms with Crippen molar-refractivity contribution >= 4 is 22.6 Å². The maximum Gasteiger partial charge on any atom is 0.380 e. The molecule has 0 spiro atoms. The van der Waals surface area contributed by atoms with E-state index < -0.39 is 16.6 Å². The lowest BCUT2D eigenvalue weighted by atomic mass is 10.1. The van der Waals surface area contributed by atoms with Crippen LogP contribution in [-0.4, -0.2) is 0 Å². The fourth-order valence-corrected chi connectivity index (χ4v) is 1.69. The Hall–Kier alpha value is -1.42. The van der Waals surface area contributed by atoms with Gasteiger partial charge in [0.1, 0.15) is 5.58 Å². The number of benzene rings is 1. The van der Waals surface area contributed by atoms with Crippen LogP contribution >= 0.6 is 11.6 Å². The molecule has 1 heterocycles. The van der Waals surface area contributed by atoms with Crippen LogP contribution in [0.25, 0.3) is 11.0 Å². The highest BCUT2D eigenvalue weighted by Gasteiger charge is 2.34. The lowest BCUT2D eigenvalue weighted by Crippen LogP contribution is -2.15. The van der Waals surface area contributed by atoms with Crippen molar-refractivity contribution in [2.75, 3.05) is 0 Å². The fraction of sp³-hybridized carbons (Fsp3) is 0.182. The van der Waals surface area contributed by atoms with Gasteiger partial charge in [0.25, 0.3) is 0 Å². The zero-order valence-electron chi connectivity index (χ0n) is 8.26. The first-order valence-electron chi connectivity index (χ1n) is 4.51. The quantitative estimate of drug-likeness (QED) is 0.720. The largest absolute Gasteiger partial charge is 0.453 e. The third-order valence-electron chi connectivity index (χ3n) is 2.28. The molecule has 2 rings (SSSR count). The number of para-hydroxylation sites is 1. The Morgan fingerprint density at radius 1 is 1.31 bits per heavy atom. The minimum Gasteiger partial charge on any atom is -0.453 e. The molecular formula is C11H7ClF2O2. The van der Waals surface area contributed by atoms with Crippen LogP contribution in [-0.2, 0) is 5.38 Å². The molecule has 0 aliphatic heterocycles. The first kappa shape index (κ1) is 11.1. The molecule has 1 aromatic carbocycles. The summed E-state index contributed by atoms with van der Waals surface area (Å²) in [5.74, 6) is -0.794. The van der Waals surface area contributed by atoms with Crippen LogP contribution in [0.1, 0.15) is 11.3 Å². The zero-order chi connectivity index (χ0) is 11.9. The minimum absolute atomic E-state index is 0.105. The standard InChI is InChI=1S/C11H7ClF2O2/c1-6-9(15)7-4-2-3-5-8(7)16-10(6)11(12,13)14/h2-5H,1H3. The van der Waals surface area contributed by atoms with Crippen molar-refractivity contribution in [3.8, 4) is 0 Å². The molecule has 0 atom stereocenters. The highest BCUT2D eigenvalue weighted by Crippen LogP contribution is 2.34. The molecule has 0 unspecified atom stereocenters. The Kier molecular flexibility index (Phi) is 2.46. The van der Waals surface area contributed by atoms with Gasteiger partial charge in [-0.15, -0.1) is 0 Å². The normalized spacial score (nSPS) is 12.0. The summed E-state index contributed by atoms with van der Waals surface area (Å²) in [5.41, 5.74) is -0.552. The van der Waals surface area contributed by atoms with Gasteiger partial charge in [0.15, 0.2) is 11.2 Å². The molecule has 0 saturated heterocycles. The summed E-state index contributed by atoms with van der Waals surface area (Å²) < 4.78 is 30.9. The van der Waals surface area contributed by atoms with Gasteiger partial charge in [0, 0.05) is 5.56 Å². The van der Waals surface area contributed by atoms with E-state index in [1.54, 1.807) is 12.1 Å². The molecule has 0 aliphatic carbocycles. The number of alkyl halides is 3. The number of hydrogen-bond donors (Lipinski definition) is 0. The van der Waals surface area contributed by atoms with Gasteiger partial charge in [-0.1, -0.05) is 12.1 Å². The van der Waals surface area contributed by atoms with Crippen molar-refractivity contribution in [1.29, 1.82) is 0 Å². The smallest absolute Gasteiger partial charge is 0.380 e. The molecule has 2 nitrogen and oxygen atoms in total. The second-order valence-electron chi connectivity index (χ2n) is 3.38. The highest BCUT2D eigenvalue weighted by atomic mass is 35.5. The van der Waals surface area contributed by atoms with E-state index in [4.69, 9.17) is 16.0 Å². The highest BCUT2D eigenvalue weighted by molar-refractivity contribution is 6.21. The SMILES string of the molecule is Cc1c(C(F)(F)Cl)oc2ccccc2c1=O. The van der Waals surface area contributed by atoms with Crippen LogP contribution in [0.4, 0.5) is 8.78 Å². The van der Waals surface area contributed by atoms with Gasteiger partial charge in [-0.05, 0) is 30.7 Å². The van der Waals surface area contributed by atoms with E-state index in [-0.39, 0.29) is 16.5 Å². The monoisotopic (exact) mass is 244 g/mol. The first-order chi connectivity index (χ1) is 7.41. The zero-order valence-corrected chi connectivity index (χ0v) is 9.02. The summed E-state index contributed by atoms with van der Waals surface area (Å²) in [7, 11) is 0. The molecule has 0 fully saturated rings. The van der Waals surface area contributed by atoms with Gasteiger partial charge in [-0.3, -0.25) is 4.79 Å². The van der Waals surface area contributed by atoms with Crippen molar-refractivity contribution in [3.05, 3.63) is 45.8 Å². The van der Waals surface area contributed by atoms with E-state index in [0.29, 0.717) is 0 Å². The molecule has 0 radical (unpaired) electrons. The van der Waals surface area contributed by atoms with Crippen molar-refractivity contribution in [2.45, 2.75) is 12.3 Å². The fourth-order valence-electron chi connectivity index (χ4n) is 1.51. The molecule has 5 heteroatoms. The minimum atomic E-state index is -3.67. The van der Waals surface area contributed by atoms with E-state index in [9.17, 15) is 13.6 Å². The van der Waals surface area contributed by atoms with Crippen LogP contribution in [0.2, 0.25) is 0 Å². The summed E-state index contributed by atoms with van der Waals surface area (Å²) in [6, 6.07) is 6.20. The molecule has 0 saturated carbocycles. The van der Waals surface area contributed by atoms with Gasteiger partial charge < -0.3 is 4.42 Å². The van der Waals surface area contributed by atoms with E-state index in [1.807, 2.05) is 0 Å². The average molecular weight is 245 g/mol. The van der Waals surface area contributed by atoms with Crippen molar-refractivity contribution in [2.24, 2.45) is 0 Å². The van der Waals surface area contributed by atoms with Gasteiger partial charge in [-0.2, -0.15) is 8.78 Å². The second-order valence-corrected chi connectivity index (χ2v) is 3.85. The first-order valence-corrected chi connectivity index (χ1v) is 4.88. The predicted octanol–water partition coefficient (Wildman–Crippen LogP) is 3.39. The number of hydrogen-bond acceptors (Lipinski definition) is 2. The summed E-state index contributed by atoms with van der Waals surface area (Å²) in [5, 5.41) is -3.41. The Morgan fingerprint density at radius 3 is 2.56 bits per heavy atom. The van der Waals surface area contributed by atoms with Crippen LogP contribution in [0.3, 0.4) is 0 Å². The van der Waals surface area contributed by atoms with E-state index in [2.05, 4.69) is 0 Å². The Bertz CT molecular complexity index is 599. The Balaban J connectivity index is 2.90. The third-order valence-corrected chi connectivity index (χ3v) is 2.45. The maximum absolute atomic E-state index is 13.0. The summed E-state index contributed by atoms with van der Waals surface area (Å²) in [6.45, 7) is 1.27. The molecule has 0 amide bonds. The number of halogens is 3. The van der Waals surface area contributed by atoms with Crippen LogP contribution < -0.4 is 5.43 Å². The molecule has 1 aromatic heterocycles. The molecule has 84 valence electrons. The number of fused-ring (bicyclic) bond motifs is 1. The molecule has 16 heavy (non-hydrogen) atoms. The molecule has 2 aromatic rings. The summed E-state index contributed by atoms with van der Waals surface area (Å²) >= 11 is 4.87. The van der Waals surface area contributed by atoms with Crippen LogP contribution in [0, 0.1) is 6.92 Å². The Morgan fingerprint density at radius 2 is 1.94 bits per heavy atom. The topological polar surface area (TPSA) is 30.2 Å². The van der Waals surface area contributed by atoms with E-state index >= 15 is 0 Å². The van der Waals surface area contributed by atoms with Crippen molar-refractivity contribution in [1.82, 2.24) is 0 Å². The van der Waals surface area contributed by atoms with Crippen molar-refractivity contribution in [3.63, 3.8) is 0 Å². The van der Waals surface area contributed by atoms with Gasteiger partial charge in [0.2, 0.25) is 0 Å². The second kappa shape index (κ2) is 3.56.